The molecule has 0 aromatic heterocycles. The summed E-state index contributed by atoms with van der Waals surface area (Å²) in [7, 11) is 1.56. The molecule has 1 aliphatic heterocycles. The van der Waals surface area contributed by atoms with Gasteiger partial charge in [-0.2, -0.15) is 4.99 Å². The fourth-order valence-corrected chi connectivity index (χ4v) is 2.30. The van der Waals surface area contributed by atoms with Gasteiger partial charge in [-0.05, 0) is 35.5 Å². The molecule has 104 valence electrons. The van der Waals surface area contributed by atoms with Crippen LogP contribution in [0.2, 0.25) is 0 Å². The molecule has 1 aromatic carbocycles. The maximum Gasteiger partial charge on any atom is 0.286 e. The summed E-state index contributed by atoms with van der Waals surface area (Å²) in [6.45, 7) is 3.99. The van der Waals surface area contributed by atoms with Gasteiger partial charge < -0.3 is 15.2 Å². The lowest BCUT2D eigenvalue weighted by Crippen LogP contribution is -2.01. The van der Waals surface area contributed by atoms with Gasteiger partial charge in [0.15, 0.2) is 16.7 Å². The van der Waals surface area contributed by atoms with Crippen molar-refractivity contribution in [2.75, 3.05) is 13.7 Å². The SMILES string of the molecule is C=CCOc1ccc(C=C2SC(N)=NC2=O)cc1OC. The number of thioether (sulfide) groups is 1. The lowest BCUT2D eigenvalue weighted by molar-refractivity contribution is -0.113. The minimum absolute atomic E-state index is 0.263. The number of hydrogen-bond donors (Lipinski definition) is 1. The minimum Gasteiger partial charge on any atom is -0.493 e. The number of carbonyl (C=O) groups is 1. The maximum atomic E-state index is 11.5. The third kappa shape index (κ3) is 3.21. The summed E-state index contributed by atoms with van der Waals surface area (Å²) in [5.41, 5.74) is 6.31. The van der Waals surface area contributed by atoms with Crippen LogP contribution >= 0.6 is 11.8 Å². The van der Waals surface area contributed by atoms with E-state index in [4.69, 9.17) is 15.2 Å². The van der Waals surface area contributed by atoms with E-state index >= 15 is 0 Å². The highest BCUT2D eigenvalue weighted by Crippen LogP contribution is 2.31. The highest BCUT2D eigenvalue weighted by molar-refractivity contribution is 8.18. The molecule has 5 nitrogen and oxygen atoms in total. The summed E-state index contributed by atoms with van der Waals surface area (Å²) in [5.74, 6) is 0.889. The van der Waals surface area contributed by atoms with Crippen molar-refractivity contribution < 1.29 is 14.3 Å². The zero-order valence-corrected chi connectivity index (χ0v) is 11.8. The van der Waals surface area contributed by atoms with E-state index in [1.807, 2.05) is 6.07 Å². The Kier molecular flexibility index (Phi) is 4.47. The van der Waals surface area contributed by atoms with Crippen LogP contribution in [0.15, 0.2) is 40.8 Å². The molecule has 20 heavy (non-hydrogen) atoms. The van der Waals surface area contributed by atoms with Crippen LogP contribution in [0.3, 0.4) is 0 Å². The Balaban J connectivity index is 2.24. The van der Waals surface area contributed by atoms with Crippen LogP contribution in [0.4, 0.5) is 0 Å². The summed E-state index contributed by atoms with van der Waals surface area (Å²) >= 11 is 1.15. The van der Waals surface area contributed by atoms with E-state index in [-0.39, 0.29) is 11.1 Å². The molecule has 0 saturated heterocycles. The zero-order valence-electron chi connectivity index (χ0n) is 11.0. The first-order chi connectivity index (χ1) is 9.63. The second-order valence-corrected chi connectivity index (χ2v) is 4.94. The summed E-state index contributed by atoms with van der Waals surface area (Å²) in [4.78, 5) is 15.7. The minimum atomic E-state index is -0.321. The first kappa shape index (κ1) is 14.2. The van der Waals surface area contributed by atoms with E-state index in [9.17, 15) is 4.79 Å². The van der Waals surface area contributed by atoms with Crippen molar-refractivity contribution in [2.24, 2.45) is 10.7 Å². The summed E-state index contributed by atoms with van der Waals surface area (Å²) < 4.78 is 10.7. The van der Waals surface area contributed by atoms with Crippen molar-refractivity contribution in [3.8, 4) is 11.5 Å². The van der Waals surface area contributed by atoms with Gasteiger partial charge in [0, 0.05) is 0 Å². The Morgan fingerprint density at radius 1 is 1.45 bits per heavy atom. The molecule has 0 fully saturated rings. The van der Waals surface area contributed by atoms with Gasteiger partial charge in [0.2, 0.25) is 0 Å². The van der Waals surface area contributed by atoms with E-state index in [1.165, 1.54) is 0 Å². The molecule has 0 atom stereocenters. The number of carbonyl (C=O) groups excluding carboxylic acids is 1. The van der Waals surface area contributed by atoms with Crippen LogP contribution in [0.5, 0.6) is 11.5 Å². The standard InChI is InChI=1S/C14H14N2O3S/c1-3-6-19-10-5-4-9(7-11(10)18-2)8-12-13(17)16-14(15)20-12/h3-5,7-8H,1,6H2,2H3,(H2,15,16,17). The van der Waals surface area contributed by atoms with E-state index in [2.05, 4.69) is 11.6 Å². The molecule has 0 radical (unpaired) electrons. The molecular weight excluding hydrogens is 276 g/mol. The predicted molar refractivity (Wildman–Crippen MR) is 80.9 cm³/mol. The smallest absolute Gasteiger partial charge is 0.286 e. The third-order valence-electron chi connectivity index (χ3n) is 2.48. The number of hydrogen-bond acceptors (Lipinski definition) is 5. The van der Waals surface area contributed by atoms with Gasteiger partial charge in [0.25, 0.3) is 5.91 Å². The van der Waals surface area contributed by atoms with Crippen molar-refractivity contribution in [1.82, 2.24) is 0 Å². The Labute approximate surface area is 121 Å². The monoisotopic (exact) mass is 290 g/mol. The molecular formula is C14H14N2O3S. The van der Waals surface area contributed by atoms with Crippen LogP contribution in [-0.4, -0.2) is 24.8 Å². The first-order valence-corrected chi connectivity index (χ1v) is 6.65. The van der Waals surface area contributed by atoms with E-state index in [0.717, 1.165) is 17.3 Å². The predicted octanol–water partition coefficient (Wildman–Crippen LogP) is 2.19. The van der Waals surface area contributed by atoms with Crippen LogP contribution in [0, 0.1) is 0 Å². The fourth-order valence-electron chi connectivity index (χ4n) is 1.62. The quantitative estimate of drug-likeness (QED) is 0.664. The molecule has 0 bridgehead atoms. The lowest BCUT2D eigenvalue weighted by atomic mass is 10.2. The van der Waals surface area contributed by atoms with Gasteiger partial charge in [-0.15, -0.1) is 0 Å². The number of methoxy groups -OCH3 is 1. The van der Waals surface area contributed by atoms with E-state index < -0.39 is 0 Å². The number of amidine groups is 1. The molecule has 1 aliphatic rings. The zero-order chi connectivity index (χ0) is 14.5. The summed E-state index contributed by atoms with van der Waals surface area (Å²) in [6.07, 6.45) is 3.37. The van der Waals surface area contributed by atoms with Gasteiger partial charge in [0.1, 0.15) is 6.61 Å². The molecule has 1 amide bonds. The molecule has 1 heterocycles. The molecule has 0 unspecified atom stereocenters. The fraction of sp³-hybridized carbons (Fsp3) is 0.143. The molecule has 2 N–H and O–H groups in total. The first-order valence-electron chi connectivity index (χ1n) is 5.84. The van der Waals surface area contributed by atoms with Gasteiger partial charge in [-0.3, -0.25) is 4.79 Å². The number of nitrogens with two attached hydrogens (primary N) is 1. The molecule has 6 heteroatoms. The Morgan fingerprint density at radius 3 is 2.85 bits per heavy atom. The van der Waals surface area contributed by atoms with Crippen molar-refractivity contribution in [2.45, 2.75) is 0 Å². The Hall–Kier alpha value is -2.21. The summed E-state index contributed by atoms with van der Waals surface area (Å²) in [5, 5.41) is 0.263. The molecule has 0 saturated carbocycles. The van der Waals surface area contributed by atoms with Crippen LogP contribution < -0.4 is 15.2 Å². The van der Waals surface area contributed by atoms with Crippen molar-refractivity contribution in [3.05, 3.63) is 41.3 Å². The summed E-state index contributed by atoms with van der Waals surface area (Å²) in [6, 6.07) is 5.40. The third-order valence-corrected chi connectivity index (χ3v) is 3.29. The topological polar surface area (TPSA) is 73.9 Å². The highest BCUT2D eigenvalue weighted by Gasteiger charge is 2.19. The molecule has 0 spiro atoms. The van der Waals surface area contributed by atoms with E-state index in [0.29, 0.717) is 23.0 Å². The van der Waals surface area contributed by atoms with E-state index in [1.54, 1.807) is 31.4 Å². The van der Waals surface area contributed by atoms with Crippen molar-refractivity contribution in [3.63, 3.8) is 0 Å². The average Bonchev–Trinajstić information content (AvgIpc) is 2.75. The van der Waals surface area contributed by atoms with Gasteiger partial charge in [0.05, 0.1) is 12.0 Å². The van der Waals surface area contributed by atoms with Gasteiger partial charge >= 0.3 is 0 Å². The number of rotatable bonds is 5. The largest absolute Gasteiger partial charge is 0.493 e. The number of ether oxygens (including phenoxy) is 2. The number of nitrogens with zero attached hydrogens (tertiary/aromatic N) is 1. The molecule has 1 aromatic rings. The highest BCUT2D eigenvalue weighted by atomic mass is 32.2. The van der Waals surface area contributed by atoms with Crippen LogP contribution in [0.25, 0.3) is 6.08 Å². The van der Waals surface area contributed by atoms with Gasteiger partial charge in [-0.25, -0.2) is 0 Å². The Bertz CT molecular complexity index is 608. The Morgan fingerprint density at radius 2 is 2.25 bits per heavy atom. The van der Waals surface area contributed by atoms with Crippen molar-refractivity contribution in [1.29, 1.82) is 0 Å². The van der Waals surface area contributed by atoms with Crippen molar-refractivity contribution >= 4 is 28.9 Å². The van der Waals surface area contributed by atoms with Gasteiger partial charge in [-0.1, -0.05) is 18.7 Å². The number of aliphatic imine (C=N–C) groups is 1. The van der Waals surface area contributed by atoms with Crippen LogP contribution in [0.1, 0.15) is 5.56 Å². The maximum absolute atomic E-state index is 11.5. The molecule has 2 rings (SSSR count). The number of amides is 1. The second kappa shape index (κ2) is 6.29. The number of benzene rings is 1. The normalized spacial score (nSPS) is 16.1. The average molecular weight is 290 g/mol. The van der Waals surface area contributed by atoms with Crippen LogP contribution in [-0.2, 0) is 4.79 Å². The lowest BCUT2D eigenvalue weighted by Gasteiger charge is -2.09. The second-order valence-electron chi connectivity index (χ2n) is 3.88. The molecule has 0 aliphatic carbocycles.